The van der Waals surface area contributed by atoms with Crippen LogP contribution >= 0.6 is 0 Å². The fourth-order valence-electron chi connectivity index (χ4n) is 4.01. The standard InChI is InChI=1S/C26H33N3O3S/c1-19-6-8-21(9-7-19)25-27-24(20(2)32-25)18-28-14-16-29(17-15-28)33(30,31)23-12-10-22(11-13-23)26(3,4)5/h6-13H,14-18H2,1-5H3. The van der Waals surface area contributed by atoms with E-state index >= 15 is 0 Å². The average Bonchev–Trinajstić information content (AvgIpc) is 3.14. The van der Waals surface area contributed by atoms with Crippen molar-refractivity contribution < 1.29 is 12.8 Å². The lowest BCUT2D eigenvalue weighted by molar-refractivity contribution is 0.179. The summed E-state index contributed by atoms with van der Waals surface area (Å²) in [6, 6.07) is 15.4. The molecule has 1 aliphatic heterocycles. The van der Waals surface area contributed by atoms with Crippen LogP contribution in [0.25, 0.3) is 11.5 Å². The molecule has 0 N–H and O–H groups in total. The molecule has 0 amide bonds. The highest BCUT2D eigenvalue weighted by atomic mass is 32.2. The zero-order valence-electron chi connectivity index (χ0n) is 20.1. The van der Waals surface area contributed by atoms with Gasteiger partial charge in [0.1, 0.15) is 5.76 Å². The first-order chi connectivity index (χ1) is 15.5. The summed E-state index contributed by atoms with van der Waals surface area (Å²) >= 11 is 0. The van der Waals surface area contributed by atoms with Crippen LogP contribution in [-0.4, -0.2) is 48.8 Å². The number of nitrogens with zero attached hydrogens (tertiary/aromatic N) is 3. The molecule has 2 aromatic carbocycles. The SMILES string of the molecule is Cc1ccc(-c2nc(CN3CCN(S(=O)(=O)c4ccc(C(C)(C)C)cc4)CC3)c(C)o2)cc1. The van der Waals surface area contributed by atoms with Gasteiger partial charge < -0.3 is 4.42 Å². The van der Waals surface area contributed by atoms with Gasteiger partial charge in [-0.25, -0.2) is 13.4 Å². The zero-order valence-corrected chi connectivity index (χ0v) is 20.9. The van der Waals surface area contributed by atoms with E-state index in [9.17, 15) is 8.42 Å². The van der Waals surface area contributed by atoms with E-state index in [1.165, 1.54) is 5.56 Å². The Kier molecular flexibility index (Phi) is 6.49. The minimum Gasteiger partial charge on any atom is -0.441 e. The maximum Gasteiger partial charge on any atom is 0.243 e. The highest BCUT2D eigenvalue weighted by Gasteiger charge is 2.29. The molecule has 3 aromatic rings. The first kappa shape index (κ1) is 23.7. The number of hydrogen-bond acceptors (Lipinski definition) is 5. The maximum atomic E-state index is 13.1. The van der Waals surface area contributed by atoms with Crippen molar-refractivity contribution in [3.8, 4) is 11.5 Å². The predicted octanol–water partition coefficient (Wildman–Crippen LogP) is 4.76. The molecule has 176 valence electrons. The van der Waals surface area contributed by atoms with Crippen molar-refractivity contribution in [1.82, 2.24) is 14.2 Å². The zero-order chi connectivity index (χ0) is 23.8. The van der Waals surface area contributed by atoms with E-state index in [4.69, 9.17) is 9.40 Å². The topological polar surface area (TPSA) is 66.7 Å². The maximum absolute atomic E-state index is 13.1. The summed E-state index contributed by atoms with van der Waals surface area (Å²) < 4.78 is 33.8. The lowest BCUT2D eigenvalue weighted by atomic mass is 9.87. The molecule has 7 heteroatoms. The minimum absolute atomic E-state index is 0.00745. The van der Waals surface area contributed by atoms with E-state index < -0.39 is 10.0 Å². The molecule has 2 heterocycles. The van der Waals surface area contributed by atoms with Gasteiger partial charge in [0.25, 0.3) is 0 Å². The van der Waals surface area contributed by atoms with Crippen molar-refractivity contribution in [2.75, 3.05) is 26.2 Å². The van der Waals surface area contributed by atoms with Crippen molar-refractivity contribution in [1.29, 1.82) is 0 Å². The predicted molar refractivity (Wildman–Crippen MR) is 131 cm³/mol. The van der Waals surface area contributed by atoms with Crippen LogP contribution in [0.15, 0.2) is 57.8 Å². The molecule has 1 saturated heterocycles. The number of benzene rings is 2. The van der Waals surface area contributed by atoms with E-state index in [-0.39, 0.29) is 5.41 Å². The quantitative estimate of drug-likeness (QED) is 0.541. The fourth-order valence-corrected chi connectivity index (χ4v) is 5.43. The van der Waals surface area contributed by atoms with Crippen molar-refractivity contribution in [2.45, 2.75) is 51.5 Å². The van der Waals surface area contributed by atoms with Crippen LogP contribution in [0.4, 0.5) is 0 Å². The van der Waals surface area contributed by atoms with Gasteiger partial charge in [-0.05, 0) is 49.1 Å². The molecule has 0 spiro atoms. The Hall–Kier alpha value is -2.48. The Bertz CT molecular complexity index is 1200. The normalized spacial score (nSPS) is 16.3. The van der Waals surface area contributed by atoms with E-state index in [0.717, 1.165) is 22.6 Å². The summed E-state index contributed by atoms with van der Waals surface area (Å²) in [7, 11) is -3.49. The molecular formula is C26H33N3O3S. The van der Waals surface area contributed by atoms with Gasteiger partial charge in [0.05, 0.1) is 10.6 Å². The lowest BCUT2D eigenvalue weighted by Gasteiger charge is -2.33. The van der Waals surface area contributed by atoms with Crippen LogP contribution < -0.4 is 0 Å². The van der Waals surface area contributed by atoms with Gasteiger partial charge in [-0.1, -0.05) is 50.6 Å². The number of piperazine rings is 1. The van der Waals surface area contributed by atoms with Crippen LogP contribution in [0.5, 0.6) is 0 Å². The van der Waals surface area contributed by atoms with Crippen LogP contribution in [0.3, 0.4) is 0 Å². The average molecular weight is 468 g/mol. The molecule has 0 unspecified atom stereocenters. The Balaban J connectivity index is 1.39. The van der Waals surface area contributed by atoms with Crippen molar-refractivity contribution in [3.05, 3.63) is 71.1 Å². The second kappa shape index (κ2) is 9.05. The molecule has 1 aromatic heterocycles. The molecule has 0 atom stereocenters. The van der Waals surface area contributed by atoms with Gasteiger partial charge in [-0.15, -0.1) is 0 Å². The van der Waals surface area contributed by atoms with E-state index in [1.807, 2.05) is 43.3 Å². The smallest absolute Gasteiger partial charge is 0.243 e. The molecule has 1 fully saturated rings. The Morgan fingerprint density at radius 1 is 0.909 bits per heavy atom. The summed E-state index contributed by atoms with van der Waals surface area (Å²) in [5, 5.41) is 0. The van der Waals surface area contributed by atoms with Crippen LogP contribution in [-0.2, 0) is 22.0 Å². The molecular weight excluding hydrogens is 434 g/mol. The molecule has 0 radical (unpaired) electrons. The Morgan fingerprint density at radius 3 is 2.09 bits per heavy atom. The van der Waals surface area contributed by atoms with E-state index in [2.05, 4.69) is 32.6 Å². The van der Waals surface area contributed by atoms with Gasteiger partial charge in [0, 0.05) is 38.3 Å². The summed E-state index contributed by atoms with van der Waals surface area (Å²) in [5.74, 6) is 1.43. The molecule has 0 saturated carbocycles. The second-order valence-corrected chi connectivity index (χ2v) is 11.8. The summed E-state index contributed by atoms with van der Waals surface area (Å²) in [5.41, 5.74) is 4.18. The number of rotatable bonds is 5. The largest absolute Gasteiger partial charge is 0.441 e. The van der Waals surface area contributed by atoms with Crippen LogP contribution in [0, 0.1) is 13.8 Å². The molecule has 0 aliphatic carbocycles. The second-order valence-electron chi connectivity index (χ2n) is 9.84. The van der Waals surface area contributed by atoms with Crippen LogP contribution in [0.2, 0.25) is 0 Å². The van der Waals surface area contributed by atoms with Gasteiger partial charge >= 0.3 is 0 Å². The summed E-state index contributed by atoms with van der Waals surface area (Å²) in [4.78, 5) is 7.30. The Labute approximate surface area is 197 Å². The number of hydrogen-bond donors (Lipinski definition) is 0. The third kappa shape index (κ3) is 5.21. The molecule has 1 aliphatic rings. The number of oxazole rings is 1. The summed E-state index contributed by atoms with van der Waals surface area (Å²) in [6.07, 6.45) is 0. The minimum atomic E-state index is -3.49. The highest BCUT2D eigenvalue weighted by Crippen LogP contribution is 2.26. The first-order valence-corrected chi connectivity index (χ1v) is 12.8. The third-order valence-electron chi connectivity index (χ3n) is 6.25. The summed E-state index contributed by atoms with van der Waals surface area (Å²) in [6.45, 7) is 13.2. The van der Waals surface area contributed by atoms with Crippen molar-refractivity contribution >= 4 is 10.0 Å². The number of aromatic nitrogens is 1. The molecule has 6 nitrogen and oxygen atoms in total. The Morgan fingerprint density at radius 2 is 1.52 bits per heavy atom. The molecule has 0 bridgehead atoms. The molecule has 33 heavy (non-hydrogen) atoms. The monoisotopic (exact) mass is 467 g/mol. The van der Waals surface area contributed by atoms with Gasteiger partial charge in [0.2, 0.25) is 15.9 Å². The van der Waals surface area contributed by atoms with Gasteiger partial charge in [0.15, 0.2) is 0 Å². The van der Waals surface area contributed by atoms with E-state index in [1.54, 1.807) is 16.4 Å². The van der Waals surface area contributed by atoms with Gasteiger partial charge in [-0.2, -0.15) is 4.31 Å². The van der Waals surface area contributed by atoms with E-state index in [0.29, 0.717) is 43.5 Å². The van der Waals surface area contributed by atoms with Crippen molar-refractivity contribution in [2.24, 2.45) is 0 Å². The van der Waals surface area contributed by atoms with Gasteiger partial charge in [-0.3, -0.25) is 4.90 Å². The fraction of sp³-hybridized carbons (Fsp3) is 0.423. The van der Waals surface area contributed by atoms with Crippen LogP contribution in [0.1, 0.15) is 43.4 Å². The number of aryl methyl sites for hydroxylation is 2. The number of sulfonamides is 1. The van der Waals surface area contributed by atoms with Crippen molar-refractivity contribution in [3.63, 3.8) is 0 Å². The lowest BCUT2D eigenvalue weighted by Crippen LogP contribution is -2.48. The molecule has 4 rings (SSSR count). The first-order valence-electron chi connectivity index (χ1n) is 11.4. The highest BCUT2D eigenvalue weighted by molar-refractivity contribution is 7.89. The third-order valence-corrected chi connectivity index (χ3v) is 8.17.